The van der Waals surface area contributed by atoms with Crippen molar-refractivity contribution < 1.29 is 4.74 Å². The largest absolute Gasteiger partial charge is 0.497 e. The number of thiazole rings is 1. The normalized spacial score (nSPS) is 24.2. The van der Waals surface area contributed by atoms with E-state index in [2.05, 4.69) is 44.4 Å². The second kappa shape index (κ2) is 8.33. The molecule has 138 valence electrons. The molecule has 4 heterocycles. The van der Waals surface area contributed by atoms with Crippen molar-refractivity contribution in [1.82, 2.24) is 14.8 Å². The third kappa shape index (κ3) is 4.34. The smallest absolute Gasteiger partial charge is 0.118 e. The van der Waals surface area contributed by atoms with Crippen LogP contribution in [0.25, 0.3) is 6.08 Å². The number of fused-ring (bicyclic) bond motifs is 4. The molecule has 2 aromatic rings. The van der Waals surface area contributed by atoms with Gasteiger partial charge >= 0.3 is 0 Å². The zero-order valence-corrected chi connectivity index (χ0v) is 16.2. The quantitative estimate of drug-likeness (QED) is 0.775. The minimum Gasteiger partial charge on any atom is -0.497 e. The van der Waals surface area contributed by atoms with E-state index in [0.717, 1.165) is 24.8 Å². The molecule has 0 unspecified atom stereocenters. The van der Waals surface area contributed by atoms with Crippen LogP contribution < -0.4 is 4.74 Å². The van der Waals surface area contributed by atoms with Gasteiger partial charge in [-0.2, -0.15) is 0 Å². The molecular formula is C21H27N3OS. The molecule has 0 radical (unpaired) electrons. The van der Waals surface area contributed by atoms with E-state index in [0.29, 0.717) is 6.04 Å². The van der Waals surface area contributed by atoms with Crippen LogP contribution in [0.5, 0.6) is 5.75 Å². The molecule has 3 saturated heterocycles. The van der Waals surface area contributed by atoms with Gasteiger partial charge in [-0.15, -0.1) is 11.3 Å². The lowest BCUT2D eigenvalue weighted by Gasteiger charge is -2.35. The Morgan fingerprint density at radius 2 is 2.08 bits per heavy atom. The molecule has 5 rings (SSSR count). The summed E-state index contributed by atoms with van der Waals surface area (Å²) in [5, 5.41) is 2.18. The van der Waals surface area contributed by atoms with Crippen molar-refractivity contribution in [2.75, 3.05) is 33.3 Å². The highest BCUT2D eigenvalue weighted by Gasteiger charge is 2.34. The Balaban J connectivity index is 1.34. The molecule has 1 aromatic carbocycles. The zero-order chi connectivity index (χ0) is 17.8. The number of hydrogen-bond donors (Lipinski definition) is 0. The van der Waals surface area contributed by atoms with Crippen LogP contribution in [-0.4, -0.2) is 54.1 Å². The highest BCUT2D eigenvalue weighted by Crippen LogP contribution is 2.28. The summed E-state index contributed by atoms with van der Waals surface area (Å²) in [4.78, 5) is 9.76. The number of nitrogens with zero attached hydrogens (tertiary/aromatic N) is 3. The Labute approximate surface area is 160 Å². The SMILES string of the molecule is COc1ccc(/C=C/CN2C[C@H]3CC[C@@H]2CN(Cc2cscn2)C3)cc1. The summed E-state index contributed by atoms with van der Waals surface area (Å²) in [6.45, 7) is 5.66. The van der Waals surface area contributed by atoms with E-state index < -0.39 is 0 Å². The number of hydrogen-bond acceptors (Lipinski definition) is 5. The van der Waals surface area contributed by atoms with E-state index in [1.165, 1.54) is 43.7 Å². The Morgan fingerprint density at radius 1 is 1.19 bits per heavy atom. The first-order valence-electron chi connectivity index (χ1n) is 9.44. The van der Waals surface area contributed by atoms with Crippen molar-refractivity contribution in [2.45, 2.75) is 25.4 Å². The maximum atomic E-state index is 5.22. The first kappa shape index (κ1) is 17.7. The summed E-state index contributed by atoms with van der Waals surface area (Å²) in [6.07, 6.45) is 7.24. The van der Waals surface area contributed by atoms with E-state index in [1.54, 1.807) is 18.4 Å². The predicted molar refractivity (Wildman–Crippen MR) is 108 cm³/mol. The van der Waals surface area contributed by atoms with Crippen LogP contribution in [0.2, 0.25) is 0 Å². The van der Waals surface area contributed by atoms with Crippen LogP contribution >= 0.6 is 11.3 Å². The Kier molecular flexibility index (Phi) is 5.68. The van der Waals surface area contributed by atoms with Gasteiger partial charge in [0.25, 0.3) is 0 Å². The Bertz CT molecular complexity index is 713. The average molecular weight is 370 g/mol. The third-order valence-electron chi connectivity index (χ3n) is 5.54. The minimum absolute atomic E-state index is 0.674. The number of ether oxygens (including phenoxy) is 1. The lowest BCUT2D eigenvalue weighted by atomic mass is 9.95. The number of piperidine rings is 1. The average Bonchev–Trinajstić information content (AvgIpc) is 3.02. The molecule has 3 aliphatic heterocycles. The van der Waals surface area contributed by atoms with Crippen molar-refractivity contribution in [3.8, 4) is 5.75 Å². The molecule has 5 heteroatoms. The van der Waals surface area contributed by atoms with Gasteiger partial charge < -0.3 is 4.74 Å². The van der Waals surface area contributed by atoms with Gasteiger partial charge in [0.1, 0.15) is 5.75 Å². The van der Waals surface area contributed by atoms with Crippen LogP contribution in [0.1, 0.15) is 24.1 Å². The first-order chi connectivity index (χ1) is 12.8. The summed E-state index contributed by atoms with van der Waals surface area (Å²) in [7, 11) is 1.71. The molecule has 2 atom stereocenters. The second-order valence-electron chi connectivity index (χ2n) is 7.40. The van der Waals surface area contributed by atoms with Crippen molar-refractivity contribution in [3.05, 3.63) is 52.5 Å². The molecule has 4 nitrogen and oxygen atoms in total. The molecule has 3 fully saturated rings. The van der Waals surface area contributed by atoms with Gasteiger partial charge in [-0.3, -0.25) is 9.80 Å². The molecule has 1 aromatic heterocycles. The molecule has 0 amide bonds. The van der Waals surface area contributed by atoms with E-state index in [-0.39, 0.29) is 0 Å². The third-order valence-corrected chi connectivity index (χ3v) is 6.17. The summed E-state index contributed by atoms with van der Waals surface area (Å²) in [5.41, 5.74) is 4.40. The standard InChI is InChI=1S/C21H27N3OS/c1-25-21-8-5-17(6-9-21)3-2-10-24-12-18-4-7-20(24)14-23(11-18)13-19-15-26-16-22-19/h2-3,5-6,8-9,15-16,18,20H,4,7,10-14H2,1H3/b3-2+/t18-,20+/m0/s1. The van der Waals surface area contributed by atoms with E-state index in [1.807, 2.05) is 17.6 Å². The van der Waals surface area contributed by atoms with Gasteiger partial charge in [0.15, 0.2) is 0 Å². The molecule has 0 saturated carbocycles. The maximum Gasteiger partial charge on any atom is 0.118 e. The highest BCUT2D eigenvalue weighted by molar-refractivity contribution is 7.07. The molecule has 0 spiro atoms. The van der Waals surface area contributed by atoms with Crippen molar-refractivity contribution in [3.63, 3.8) is 0 Å². The minimum atomic E-state index is 0.674. The monoisotopic (exact) mass is 369 g/mol. The number of benzene rings is 1. The van der Waals surface area contributed by atoms with E-state index in [9.17, 15) is 0 Å². The lowest BCUT2D eigenvalue weighted by molar-refractivity contribution is 0.146. The van der Waals surface area contributed by atoms with Crippen molar-refractivity contribution in [2.24, 2.45) is 5.92 Å². The summed E-state index contributed by atoms with van der Waals surface area (Å²) >= 11 is 1.70. The summed E-state index contributed by atoms with van der Waals surface area (Å²) in [5.74, 6) is 1.70. The van der Waals surface area contributed by atoms with E-state index in [4.69, 9.17) is 4.74 Å². The first-order valence-corrected chi connectivity index (χ1v) is 10.4. The van der Waals surface area contributed by atoms with Gasteiger partial charge in [0.2, 0.25) is 0 Å². The fourth-order valence-corrected chi connectivity index (χ4v) is 4.76. The summed E-state index contributed by atoms with van der Waals surface area (Å²) < 4.78 is 5.22. The molecule has 0 aliphatic carbocycles. The van der Waals surface area contributed by atoms with Crippen LogP contribution in [-0.2, 0) is 6.54 Å². The van der Waals surface area contributed by atoms with Crippen LogP contribution in [0.4, 0.5) is 0 Å². The molecule has 3 aliphatic rings. The zero-order valence-electron chi connectivity index (χ0n) is 15.4. The molecular weight excluding hydrogens is 342 g/mol. The summed E-state index contributed by atoms with van der Waals surface area (Å²) in [6, 6.07) is 8.93. The van der Waals surface area contributed by atoms with Gasteiger partial charge in [0, 0.05) is 44.1 Å². The number of methoxy groups -OCH3 is 1. The van der Waals surface area contributed by atoms with Crippen LogP contribution in [0.3, 0.4) is 0 Å². The number of rotatable bonds is 6. The van der Waals surface area contributed by atoms with Crippen LogP contribution in [0.15, 0.2) is 41.2 Å². The Morgan fingerprint density at radius 3 is 2.85 bits per heavy atom. The maximum absolute atomic E-state index is 5.22. The topological polar surface area (TPSA) is 28.6 Å². The van der Waals surface area contributed by atoms with Gasteiger partial charge in [-0.25, -0.2) is 4.98 Å². The van der Waals surface area contributed by atoms with E-state index >= 15 is 0 Å². The fraction of sp³-hybridized carbons (Fsp3) is 0.476. The van der Waals surface area contributed by atoms with Crippen molar-refractivity contribution >= 4 is 17.4 Å². The van der Waals surface area contributed by atoms with Crippen molar-refractivity contribution in [1.29, 1.82) is 0 Å². The second-order valence-corrected chi connectivity index (χ2v) is 8.12. The fourth-order valence-electron chi connectivity index (χ4n) is 4.21. The molecule has 0 N–H and O–H groups in total. The van der Waals surface area contributed by atoms with Gasteiger partial charge in [-0.1, -0.05) is 24.3 Å². The molecule has 26 heavy (non-hydrogen) atoms. The predicted octanol–water partition coefficient (Wildman–Crippen LogP) is 3.76. The van der Waals surface area contributed by atoms with Crippen LogP contribution in [0, 0.1) is 5.92 Å². The van der Waals surface area contributed by atoms with Gasteiger partial charge in [0.05, 0.1) is 18.3 Å². The van der Waals surface area contributed by atoms with Gasteiger partial charge in [-0.05, 0) is 36.5 Å². The lowest BCUT2D eigenvalue weighted by Crippen LogP contribution is -2.43. The highest BCUT2D eigenvalue weighted by atomic mass is 32.1. The Hall–Kier alpha value is -1.69. The number of aromatic nitrogens is 1. The molecule has 2 bridgehead atoms.